The van der Waals surface area contributed by atoms with Crippen LogP contribution in [0.15, 0.2) is 24.3 Å². The minimum atomic E-state index is -1.16. The second-order valence-corrected chi connectivity index (χ2v) is 4.02. The van der Waals surface area contributed by atoms with E-state index in [1.54, 1.807) is 0 Å². The fourth-order valence-electron chi connectivity index (χ4n) is 1.36. The Kier molecular flexibility index (Phi) is 4.79. The van der Waals surface area contributed by atoms with Gasteiger partial charge in [0.15, 0.2) is 0 Å². The van der Waals surface area contributed by atoms with Gasteiger partial charge in [-0.2, -0.15) is 0 Å². The van der Waals surface area contributed by atoms with Crippen LogP contribution in [0.3, 0.4) is 0 Å². The van der Waals surface area contributed by atoms with Crippen molar-refractivity contribution in [2.45, 2.75) is 25.4 Å². The van der Waals surface area contributed by atoms with Crippen LogP contribution < -0.4 is 11.1 Å². The molecule has 0 aliphatic heterocycles. The lowest BCUT2D eigenvalue weighted by Gasteiger charge is -2.16. The summed E-state index contributed by atoms with van der Waals surface area (Å²) in [6, 6.07) is 3.57. The Balaban J connectivity index is 2.72. The van der Waals surface area contributed by atoms with Crippen molar-refractivity contribution in [1.29, 1.82) is 0 Å². The summed E-state index contributed by atoms with van der Waals surface area (Å²) in [4.78, 5) is 22.3. The number of hydrogen-bond donors (Lipinski definition) is 3. The first-order valence-corrected chi connectivity index (χ1v) is 5.43. The number of amides is 1. The topological polar surface area (TPSA) is 92.4 Å². The maximum atomic E-state index is 12.7. The van der Waals surface area contributed by atoms with Crippen molar-refractivity contribution < 1.29 is 19.1 Å². The van der Waals surface area contributed by atoms with Crippen molar-refractivity contribution in [3.8, 4) is 0 Å². The maximum Gasteiger partial charge on any atom is 0.326 e. The number of aliphatic carboxylic acids is 1. The highest BCUT2D eigenvalue weighted by molar-refractivity contribution is 5.86. The number of carboxylic acid groups (broad SMARTS) is 1. The van der Waals surface area contributed by atoms with Gasteiger partial charge in [0, 0.05) is 6.42 Å². The van der Waals surface area contributed by atoms with E-state index < -0.39 is 29.8 Å². The summed E-state index contributed by atoms with van der Waals surface area (Å²) >= 11 is 0. The average molecular weight is 254 g/mol. The van der Waals surface area contributed by atoms with E-state index >= 15 is 0 Å². The number of halogens is 1. The molecule has 0 aliphatic rings. The molecule has 1 aromatic carbocycles. The first-order valence-electron chi connectivity index (χ1n) is 5.43. The quantitative estimate of drug-likeness (QED) is 0.704. The van der Waals surface area contributed by atoms with Crippen LogP contribution in [0.2, 0.25) is 0 Å². The molecule has 1 amide bonds. The Morgan fingerprint density at radius 3 is 2.39 bits per heavy atom. The van der Waals surface area contributed by atoms with Gasteiger partial charge in [-0.3, -0.25) is 4.79 Å². The average Bonchev–Trinajstić information content (AvgIpc) is 2.30. The van der Waals surface area contributed by atoms with Gasteiger partial charge >= 0.3 is 5.97 Å². The van der Waals surface area contributed by atoms with Crippen LogP contribution in [0.4, 0.5) is 4.39 Å². The minimum absolute atomic E-state index is 0.0775. The van der Waals surface area contributed by atoms with E-state index in [1.807, 2.05) is 0 Å². The highest BCUT2D eigenvalue weighted by Crippen LogP contribution is 2.06. The number of carbonyl (C=O) groups excluding carboxylic acids is 1. The lowest BCUT2D eigenvalue weighted by molar-refractivity contribution is -0.141. The SMILES string of the molecule is C[C@H](N)C(=O)N[C@H](Cc1ccc(F)cc1)C(=O)O. The molecule has 6 heteroatoms. The predicted molar refractivity (Wildman–Crippen MR) is 63.3 cm³/mol. The molecule has 98 valence electrons. The normalized spacial score (nSPS) is 13.7. The van der Waals surface area contributed by atoms with Gasteiger partial charge in [0.1, 0.15) is 11.9 Å². The Morgan fingerprint density at radius 2 is 1.94 bits per heavy atom. The monoisotopic (exact) mass is 254 g/mol. The second kappa shape index (κ2) is 6.11. The summed E-state index contributed by atoms with van der Waals surface area (Å²) in [6.07, 6.45) is 0.0775. The largest absolute Gasteiger partial charge is 0.480 e. The van der Waals surface area contributed by atoms with Gasteiger partial charge in [0.25, 0.3) is 0 Å². The third-order valence-corrected chi connectivity index (χ3v) is 2.38. The fourth-order valence-corrected chi connectivity index (χ4v) is 1.36. The van der Waals surface area contributed by atoms with Crippen LogP contribution in [0.1, 0.15) is 12.5 Å². The summed E-state index contributed by atoms with van der Waals surface area (Å²) in [5.74, 6) is -2.09. The Hall–Kier alpha value is -1.95. The molecule has 0 fully saturated rings. The molecule has 5 nitrogen and oxygen atoms in total. The van der Waals surface area contributed by atoms with Gasteiger partial charge in [0.2, 0.25) is 5.91 Å². The van der Waals surface area contributed by atoms with Gasteiger partial charge < -0.3 is 16.2 Å². The first-order chi connectivity index (χ1) is 8.40. The maximum absolute atomic E-state index is 12.7. The summed E-state index contributed by atoms with van der Waals surface area (Å²) in [5.41, 5.74) is 5.96. The molecule has 0 bridgehead atoms. The van der Waals surface area contributed by atoms with Crippen LogP contribution in [-0.2, 0) is 16.0 Å². The van der Waals surface area contributed by atoms with E-state index in [9.17, 15) is 14.0 Å². The zero-order valence-corrected chi connectivity index (χ0v) is 9.89. The van der Waals surface area contributed by atoms with E-state index in [1.165, 1.54) is 31.2 Å². The summed E-state index contributed by atoms with van der Waals surface area (Å²) in [5, 5.41) is 11.3. The van der Waals surface area contributed by atoms with E-state index in [2.05, 4.69) is 5.32 Å². The van der Waals surface area contributed by atoms with Gasteiger partial charge in [0.05, 0.1) is 6.04 Å². The highest BCUT2D eigenvalue weighted by Gasteiger charge is 2.21. The fraction of sp³-hybridized carbons (Fsp3) is 0.333. The molecule has 0 unspecified atom stereocenters. The predicted octanol–water partition coefficient (Wildman–Crippen LogP) is 0.285. The van der Waals surface area contributed by atoms with Crippen molar-refractivity contribution >= 4 is 11.9 Å². The summed E-state index contributed by atoms with van der Waals surface area (Å²) in [6.45, 7) is 1.46. The third kappa shape index (κ3) is 4.14. The van der Waals surface area contributed by atoms with Crippen molar-refractivity contribution in [2.75, 3.05) is 0 Å². The molecule has 1 rings (SSSR count). The van der Waals surface area contributed by atoms with E-state index in [4.69, 9.17) is 10.8 Å². The van der Waals surface area contributed by atoms with E-state index in [0.29, 0.717) is 5.56 Å². The zero-order valence-electron chi connectivity index (χ0n) is 9.89. The molecule has 0 saturated heterocycles. The molecule has 2 atom stereocenters. The first kappa shape index (κ1) is 14.1. The van der Waals surface area contributed by atoms with Crippen LogP contribution in [-0.4, -0.2) is 29.1 Å². The standard InChI is InChI=1S/C12H15FN2O3/c1-7(14)11(16)15-10(12(17)18)6-8-2-4-9(13)5-3-8/h2-5,7,10H,6,14H2,1H3,(H,15,16)(H,17,18)/t7-,10+/m0/s1. The number of rotatable bonds is 5. The van der Waals surface area contributed by atoms with Crippen molar-refractivity contribution in [1.82, 2.24) is 5.32 Å². The van der Waals surface area contributed by atoms with Gasteiger partial charge in [-0.1, -0.05) is 12.1 Å². The second-order valence-electron chi connectivity index (χ2n) is 4.02. The number of nitrogens with one attached hydrogen (secondary N) is 1. The molecule has 0 radical (unpaired) electrons. The molecule has 1 aromatic rings. The Labute approximate surface area is 104 Å². The minimum Gasteiger partial charge on any atom is -0.480 e. The number of carbonyl (C=O) groups is 2. The molecule has 0 aromatic heterocycles. The smallest absolute Gasteiger partial charge is 0.326 e. The molecular weight excluding hydrogens is 239 g/mol. The lowest BCUT2D eigenvalue weighted by atomic mass is 10.1. The molecule has 0 spiro atoms. The molecule has 4 N–H and O–H groups in total. The van der Waals surface area contributed by atoms with Crippen LogP contribution >= 0.6 is 0 Å². The van der Waals surface area contributed by atoms with E-state index in [0.717, 1.165) is 0 Å². The molecule has 0 heterocycles. The third-order valence-electron chi connectivity index (χ3n) is 2.38. The van der Waals surface area contributed by atoms with Gasteiger partial charge in [-0.15, -0.1) is 0 Å². The Bertz CT molecular complexity index is 431. The van der Waals surface area contributed by atoms with Crippen LogP contribution in [0, 0.1) is 5.82 Å². The number of nitrogens with two attached hydrogens (primary N) is 1. The van der Waals surface area contributed by atoms with Crippen LogP contribution in [0.5, 0.6) is 0 Å². The van der Waals surface area contributed by atoms with Crippen molar-refractivity contribution in [3.05, 3.63) is 35.6 Å². The van der Waals surface area contributed by atoms with Crippen LogP contribution in [0.25, 0.3) is 0 Å². The zero-order chi connectivity index (χ0) is 13.7. The summed E-state index contributed by atoms with van der Waals surface area (Å²) in [7, 11) is 0. The number of hydrogen-bond acceptors (Lipinski definition) is 3. The van der Waals surface area contributed by atoms with Gasteiger partial charge in [-0.05, 0) is 24.6 Å². The number of benzene rings is 1. The van der Waals surface area contributed by atoms with Gasteiger partial charge in [-0.25, -0.2) is 9.18 Å². The molecule has 18 heavy (non-hydrogen) atoms. The Morgan fingerprint density at radius 1 is 1.39 bits per heavy atom. The molecule has 0 saturated carbocycles. The highest BCUT2D eigenvalue weighted by atomic mass is 19.1. The summed E-state index contributed by atoms with van der Waals surface area (Å²) < 4.78 is 12.7. The number of carboxylic acids is 1. The van der Waals surface area contributed by atoms with Crippen molar-refractivity contribution in [2.24, 2.45) is 5.73 Å². The lowest BCUT2D eigenvalue weighted by Crippen LogP contribution is -2.48. The van der Waals surface area contributed by atoms with Crippen molar-refractivity contribution in [3.63, 3.8) is 0 Å². The molecule has 0 aliphatic carbocycles. The molecular formula is C12H15FN2O3. The van der Waals surface area contributed by atoms with E-state index in [-0.39, 0.29) is 6.42 Å².